The number of Topliss-reactive ketones (excluding diaryl/α,β-unsaturated/α-hetero) is 1. The molecular weight excluding hydrogens is 236 g/mol. The monoisotopic (exact) mass is 256 g/mol. The third-order valence-corrected chi connectivity index (χ3v) is 5.06. The molecule has 4 fully saturated rings. The molecule has 3 nitrogen and oxygen atoms in total. The molecule has 0 atom stereocenters. The smallest absolute Gasteiger partial charge is 0.159 e. The fourth-order valence-electron chi connectivity index (χ4n) is 4.35. The number of carbonyl (C=O) groups is 1. The van der Waals surface area contributed by atoms with Crippen molar-refractivity contribution in [1.29, 1.82) is 0 Å². The maximum Gasteiger partial charge on any atom is 0.159 e. The zero-order valence-electron chi connectivity index (χ0n) is 11.3. The Labute approximate surface area is 114 Å². The minimum Gasteiger partial charge on any atom is -0.365 e. The van der Waals surface area contributed by atoms with Crippen LogP contribution in [0.3, 0.4) is 0 Å². The molecule has 0 amide bonds. The Morgan fingerprint density at radius 2 is 1.58 bits per heavy atom. The number of rotatable bonds is 2. The first kappa shape index (κ1) is 11.5. The van der Waals surface area contributed by atoms with E-state index in [2.05, 4.69) is 22.3 Å². The molecule has 0 radical (unpaired) electrons. The third-order valence-electron chi connectivity index (χ3n) is 5.06. The Bertz CT molecular complexity index is 480. The lowest BCUT2D eigenvalue weighted by Crippen LogP contribution is -2.67. The van der Waals surface area contributed by atoms with Crippen molar-refractivity contribution in [3.8, 4) is 0 Å². The summed E-state index contributed by atoms with van der Waals surface area (Å²) in [5, 5.41) is 3.74. The van der Waals surface area contributed by atoms with Crippen LogP contribution in [0, 0.1) is 0 Å². The molecule has 0 spiro atoms. The van der Waals surface area contributed by atoms with Gasteiger partial charge in [0.2, 0.25) is 0 Å². The van der Waals surface area contributed by atoms with Gasteiger partial charge in [0, 0.05) is 35.4 Å². The number of piperidine rings is 4. The molecule has 0 unspecified atom stereocenters. The third kappa shape index (κ3) is 1.79. The number of benzene rings is 1. The second-order valence-electron chi connectivity index (χ2n) is 6.32. The fraction of sp³-hybridized carbons (Fsp3) is 0.562. The molecule has 1 aromatic rings. The Balaban J connectivity index is 1.63. The summed E-state index contributed by atoms with van der Waals surface area (Å²) in [5.41, 5.74) is 2.12. The molecule has 5 rings (SSSR count). The molecule has 0 saturated carbocycles. The van der Waals surface area contributed by atoms with Crippen LogP contribution in [-0.2, 0) is 0 Å². The van der Waals surface area contributed by atoms with Crippen molar-refractivity contribution in [3.63, 3.8) is 0 Å². The van der Waals surface area contributed by atoms with Gasteiger partial charge in [-0.05, 0) is 56.9 Å². The molecule has 0 aromatic heterocycles. The van der Waals surface area contributed by atoms with Gasteiger partial charge in [-0.15, -0.1) is 0 Å². The van der Waals surface area contributed by atoms with E-state index in [-0.39, 0.29) is 5.78 Å². The van der Waals surface area contributed by atoms with Gasteiger partial charge >= 0.3 is 0 Å². The Kier molecular flexibility index (Phi) is 2.46. The SMILES string of the molecule is CC(=O)c1ccc(N2C3CC4CC2CC(C3)N4)cc1. The molecule has 4 aliphatic heterocycles. The van der Waals surface area contributed by atoms with Crippen LogP contribution in [0.4, 0.5) is 5.69 Å². The highest BCUT2D eigenvalue weighted by molar-refractivity contribution is 5.94. The van der Waals surface area contributed by atoms with Gasteiger partial charge < -0.3 is 10.2 Å². The summed E-state index contributed by atoms with van der Waals surface area (Å²) in [6.45, 7) is 1.63. The van der Waals surface area contributed by atoms with E-state index >= 15 is 0 Å². The summed E-state index contributed by atoms with van der Waals surface area (Å²) in [6, 6.07) is 11.1. The van der Waals surface area contributed by atoms with Crippen molar-refractivity contribution in [2.75, 3.05) is 4.90 Å². The average Bonchev–Trinajstić information content (AvgIpc) is 2.38. The van der Waals surface area contributed by atoms with Gasteiger partial charge in [0.05, 0.1) is 0 Å². The molecule has 1 N–H and O–H groups in total. The van der Waals surface area contributed by atoms with E-state index in [1.54, 1.807) is 6.92 Å². The quantitative estimate of drug-likeness (QED) is 0.824. The van der Waals surface area contributed by atoms with E-state index in [4.69, 9.17) is 0 Å². The molecular formula is C16H20N2O. The maximum atomic E-state index is 11.4. The number of carbonyl (C=O) groups excluding carboxylic acids is 1. The van der Waals surface area contributed by atoms with Crippen LogP contribution in [0.15, 0.2) is 24.3 Å². The van der Waals surface area contributed by atoms with Gasteiger partial charge in [0.25, 0.3) is 0 Å². The van der Waals surface area contributed by atoms with E-state index in [9.17, 15) is 4.79 Å². The van der Waals surface area contributed by atoms with Crippen LogP contribution < -0.4 is 10.2 Å². The summed E-state index contributed by atoms with van der Waals surface area (Å²) in [6.07, 6.45) is 5.12. The van der Waals surface area contributed by atoms with Crippen LogP contribution in [0.25, 0.3) is 0 Å². The number of anilines is 1. The van der Waals surface area contributed by atoms with Gasteiger partial charge in [-0.1, -0.05) is 0 Å². The number of hydrogen-bond acceptors (Lipinski definition) is 3. The maximum absolute atomic E-state index is 11.4. The van der Waals surface area contributed by atoms with Crippen molar-refractivity contribution < 1.29 is 4.79 Å². The van der Waals surface area contributed by atoms with Gasteiger partial charge in [0.1, 0.15) is 0 Å². The average molecular weight is 256 g/mol. The van der Waals surface area contributed by atoms with E-state index in [1.807, 2.05) is 12.1 Å². The Morgan fingerprint density at radius 3 is 2.05 bits per heavy atom. The first-order valence-corrected chi connectivity index (χ1v) is 7.36. The molecule has 3 heteroatoms. The predicted molar refractivity (Wildman–Crippen MR) is 75.7 cm³/mol. The number of nitrogens with one attached hydrogen (secondary N) is 1. The summed E-state index contributed by atoms with van der Waals surface area (Å²) < 4.78 is 0. The highest BCUT2D eigenvalue weighted by Gasteiger charge is 2.46. The lowest BCUT2D eigenvalue weighted by Gasteiger charge is -2.58. The zero-order valence-corrected chi connectivity index (χ0v) is 11.3. The molecule has 4 saturated heterocycles. The van der Waals surface area contributed by atoms with E-state index in [1.165, 1.54) is 31.4 Å². The van der Waals surface area contributed by atoms with E-state index < -0.39 is 0 Å². The highest BCUT2D eigenvalue weighted by atomic mass is 16.1. The molecule has 4 heterocycles. The minimum absolute atomic E-state index is 0.149. The van der Waals surface area contributed by atoms with E-state index in [0.29, 0.717) is 12.1 Å². The summed E-state index contributed by atoms with van der Waals surface area (Å²) in [5.74, 6) is 0.149. The van der Waals surface area contributed by atoms with Gasteiger partial charge in [-0.3, -0.25) is 4.79 Å². The second kappa shape index (κ2) is 4.07. The van der Waals surface area contributed by atoms with Gasteiger partial charge in [0.15, 0.2) is 5.78 Å². The van der Waals surface area contributed by atoms with Crippen LogP contribution in [0.1, 0.15) is 43.0 Å². The van der Waals surface area contributed by atoms with Crippen molar-refractivity contribution in [3.05, 3.63) is 29.8 Å². The summed E-state index contributed by atoms with van der Waals surface area (Å²) in [7, 11) is 0. The topological polar surface area (TPSA) is 32.3 Å². The van der Waals surface area contributed by atoms with Crippen LogP contribution in [0.2, 0.25) is 0 Å². The minimum atomic E-state index is 0.149. The summed E-state index contributed by atoms with van der Waals surface area (Å²) in [4.78, 5) is 14.0. The fourth-order valence-corrected chi connectivity index (χ4v) is 4.35. The Morgan fingerprint density at radius 1 is 1.05 bits per heavy atom. The largest absolute Gasteiger partial charge is 0.365 e. The highest BCUT2D eigenvalue weighted by Crippen LogP contribution is 2.41. The number of ketones is 1. The first-order valence-electron chi connectivity index (χ1n) is 7.36. The molecule has 4 aliphatic rings. The number of hydrogen-bond donors (Lipinski definition) is 1. The van der Waals surface area contributed by atoms with Crippen molar-refractivity contribution in [2.45, 2.75) is 56.8 Å². The standard InChI is InChI=1S/C16H20N2O/c1-10(19)11-2-4-14(5-3-11)18-15-6-12-7-16(18)9-13(8-15)17-12/h2-5,12-13,15-17H,6-9H2,1H3. The molecule has 0 aliphatic carbocycles. The van der Waals surface area contributed by atoms with Gasteiger partial charge in [-0.25, -0.2) is 0 Å². The first-order chi connectivity index (χ1) is 9.20. The molecule has 1 aromatic carbocycles. The second-order valence-corrected chi connectivity index (χ2v) is 6.32. The normalized spacial score (nSPS) is 35.7. The van der Waals surface area contributed by atoms with Crippen molar-refractivity contribution in [1.82, 2.24) is 5.32 Å². The van der Waals surface area contributed by atoms with Crippen molar-refractivity contribution in [2.24, 2.45) is 0 Å². The molecule has 100 valence electrons. The van der Waals surface area contributed by atoms with Crippen LogP contribution in [0.5, 0.6) is 0 Å². The van der Waals surface area contributed by atoms with E-state index in [0.717, 1.165) is 17.6 Å². The lowest BCUT2D eigenvalue weighted by molar-refractivity contribution is 0.101. The zero-order chi connectivity index (χ0) is 13.0. The predicted octanol–water partition coefficient (Wildman–Crippen LogP) is 2.36. The number of nitrogens with zero attached hydrogens (tertiary/aromatic N) is 1. The van der Waals surface area contributed by atoms with Gasteiger partial charge in [-0.2, -0.15) is 0 Å². The lowest BCUT2D eigenvalue weighted by atomic mass is 9.74. The van der Waals surface area contributed by atoms with Crippen LogP contribution >= 0.6 is 0 Å². The molecule has 4 bridgehead atoms. The Hall–Kier alpha value is -1.35. The molecule has 19 heavy (non-hydrogen) atoms. The van der Waals surface area contributed by atoms with Crippen LogP contribution in [-0.4, -0.2) is 30.0 Å². The summed E-state index contributed by atoms with van der Waals surface area (Å²) >= 11 is 0. The van der Waals surface area contributed by atoms with Crippen molar-refractivity contribution >= 4 is 11.5 Å².